The van der Waals surface area contributed by atoms with E-state index >= 15 is 0 Å². The van der Waals surface area contributed by atoms with Gasteiger partial charge in [-0.1, -0.05) is 207 Å². The lowest BCUT2D eigenvalue weighted by atomic mass is 9.65. The number of hydrogen-bond acceptors (Lipinski definition) is 4. The van der Waals surface area contributed by atoms with Crippen LogP contribution in [0.5, 0.6) is 0 Å². The van der Waals surface area contributed by atoms with Crippen LogP contribution in [-0.4, -0.2) is 28.3 Å². The Labute approximate surface area is 375 Å². The van der Waals surface area contributed by atoms with Crippen molar-refractivity contribution in [3.05, 3.63) is 205 Å². The fourth-order valence-electron chi connectivity index (χ4n) is 10.4. The highest BCUT2D eigenvalue weighted by atomic mass is 31.2. The van der Waals surface area contributed by atoms with Gasteiger partial charge in [0.2, 0.25) is 0 Å². The van der Waals surface area contributed by atoms with Crippen molar-refractivity contribution in [3.8, 4) is 56.4 Å². The molecule has 9 aromatic carbocycles. The molecule has 0 atom stereocenters. The predicted octanol–water partition coefficient (Wildman–Crippen LogP) is 15.2. The van der Waals surface area contributed by atoms with Crippen molar-refractivity contribution >= 4 is 44.8 Å². The summed E-state index contributed by atoms with van der Waals surface area (Å²) in [5.41, 5.74) is 10.1. The first-order chi connectivity index (χ1) is 31.3. The molecule has 0 radical (unpaired) electrons. The summed E-state index contributed by atoms with van der Waals surface area (Å²) < 4.78 is 13.8. The van der Waals surface area contributed by atoms with E-state index < -0.39 is 7.14 Å². The van der Waals surface area contributed by atoms with Crippen molar-refractivity contribution in [2.75, 3.05) is 13.3 Å². The van der Waals surface area contributed by atoms with Gasteiger partial charge in [-0.3, -0.25) is 0 Å². The molecule has 0 spiro atoms. The Bertz CT molecular complexity index is 3340. The molecule has 64 heavy (non-hydrogen) atoms. The van der Waals surface area contributed by atoms with Crippen LogP contribution in [0.15, 0.2) is 194 Å². The summed E-state index contributed by atoms with van der Waals surface area (Å²) in [6, 6.07) is 69.1. The van der Waals surface area contributed by atoms with Crippen LogP contribution in [0, 0.1) is 0 Å². The van der Waals surface area contributed by atoms with Crippen LogP contribution >= 0.6 is 7.14 Å². The Morgan fingerprint density at radius 3 is 1.53 bits per heavy atom. The van der Waals surface area contributed by atoms with Gasteiger partial charge in [0.1, 0.15) is 7.14 Å². The van der Waals surface area contributed by atoms with E-state index in [0.717, 1.165) is 78.3 Å². The fourth-order valence-corrected chi connectivity index (χ4v) is 12.0. The first-order valence-corrected chi connectivity index (χ1v) is 25.1. The monoisotopic (exact) mass is 845 g/mol. The first kappa shape index (κ1) is 39.8. The van der Waals surface area contributed by atoms with Crippen molar-refractivity contribution in [1.82, 2.24) is 15.0 Å². The minimum Gasteiger partial charge on any atom is -0.319 e. The van der Waals surface area contributed by atoms with Gasteiger partial charge in [0.25, 0.3) is 0 Å². The number of fused-ring (bicyclic) bond motifs is 3. The lowest BCUT2D eigenvalue weighted by molar-refractivity contribution is 0.346. The third-order valence-corrected chi connectivity index (χ3v) is 15.0. The lowest BCUT2D eigenvalue weighted by Gasteiger charge is -2.39. The summed E-state index contributed by atoms with van der Waals surface area (Å²) in [7, 11) is -2.58. The average molecular weight is 846 g/mol. The number of aromatic nitrogens is 3. The molecule has 0 unspecified atom stereocenters. The standard InChI is InChI=1S/C59H48N3OP/c1-64(2,63)55-51-26-11-9-24-49(51)54(50-25-10-12-27-52(50)55)42-29-33-46(34-30-42)59(37-13-4-14-38-59)47-35-31-43(32-36-47)56-60-57(45-22-15-21-44(39-45)40-17-5-3-6-18-40)62-58(61-56)53-28-16-20-41-19-7-8-23-48(41)53/h3,5-12,15-36,39H,4,13-14,37-38H2,1-2H3. The summed E-state index contributed by atoms with van der Waals surface area (Å²) >= 11 is 0. The average Bonchev–Trinajstić information content (AvgIpc) is 3.35. The van der Waals surface area contributed by atoms with Crippen LogP contribution in [0.25, 0.3) is 88.7 Å². The largest absolute Gasteiger partial charge is 0.319 e. The van der Waals surface area contributed by atoms with Crippen LogP contribution in [0.3, 0.4) is 0 Å². The zero-order valence-corrected chi connectivity index (χ0v) is 37.1. The molecule has 0 N–H and O–H groups in total. The minimum absolute atomic E-state index is 0.114. The molecule has 1 aliphatic carbocycles. The Kier molecular flexibility index (Phi) is 10.1. The van der Waals surface area contributed by atoms with Crippen molar-refractivity contribution in [1.29, 1.82) is 0 Å². The van der Waals surface area contributed by atoms with E-state index in [1.54, 1.807) is 0 Å². The first-order valence-electron chi connectivity index (χ1n) is 22.5. The highest BCUT2D eigenvalue weighted by Gasteiger charge is 2.36. The second-order valence-corrected chi connectivity index (χ2v) is 20.9. The number of hydrogen-bond donors (Lipinski definition) is 0. The maximum absolute atomic E-state index is 13.8. The maximum Gasteiger partial charge on any atom is 0.164 e. The van der Waals surface area contributed by atoms with Crippen LogP contribution in [0.2, 0.25) is 0 Å². The number of benzene rings is 9. The fraction of sp³-hybridized carbons (Fsp3) is 0.136. The molecule has 0 amide bonds. The zero-order chi connectivity index (χ0) is 43.3. The van der Waals surface area contributed by atoms with Crippen molar-refractivity contribution in [3.63, 3.8) is 0 Å². The van der Waals surface area contributed by atoms with E-state index in [4.69, 9.17) is 15.0 Å². The molecular formula is C59H48N3OP. The van der Waals surface area contributed by atoms with Crippen LogP contribution in [0.4, 0.5) is 0 Å². The highest BCUT2D eigenvalue weighted by Crippen LogP contribution is 2.48. The van der Waals surface area contributed by atoms with Gasteiger partial charge in [0.05, 0.1) is 0 Å². The van der Waals surface area contributed by atoms with Crippen LogP contribution < -0.4 is 5.30 Å². The summed E-state index contributed by atoms with van der Waals surface area (Å²) in [4.78, 5) is 15.6. The normalized spacial score (nSPS) is 14.0. The molecule has 1 fully saturated rings. The molecule has 1 heterocycles. The third-order valence-electron chi connectivity index (χ3n) is 13.5. The zero-order valence-electron chi connectivity index (χ0n) is 36.2. The van der Waals surface area contributed by atoms with E-state index in [2.05, 4.69) is 188 Å². The second kappa shape index (κ2) is 16.3. The van der Waals surface area contributed by atoms with Gasteiger partial charge in [-0.25, -0.2) is 15.0 Å². The molecule has 1 aliphatic rings. The van der Waals surface area contributed by atoms with Gasteiger partial charge in [-0.05, 0) is 97.9 Å². The number of rotatable bonds is 8. The van der Waals surface area contributed by atoms with E-state index in [-0.39, 0.29) is 5.41 Å². The summed E-state index contributed by atoms with van der Waals surface area (Å²) in [5.74, 6) is 1.95. The maximum atomic E-state index is 13.8. The van der Waals surface area contributed by atoms with Gasteiger partial charge in [-0.15, -0.1) is 0 Å². The van der Waals surface area contributed by atoms with Gasteiger partial charge < -0.3 is 4.57 Å². The Balaban J connectivity index is 1.000. The topological polar surface area (TPSA) is 55.7 Å². The van der Waals surface area contributed by atoms with Gasteiger partial charge in [-0.2, -0.15) is 0 Å². The van der Waals surface area contributed by atoms with Crippen molar-refractivity contribution in [2.45, 2.75) is 37.5 Å². The molecule has 310 valence electrons. The minimum atomic E-state index is -2.58. The van der Waals surface area contributed by atoms with Crippen molar-refractivity contribution < 1.29 is 4.57 Å². The Morgan fingerprint density at radius 2 is 0.891 bits per heavy atom. The third kappa shape index (κ3) is 7.13. The van der Waals surface area contributed by atoms with Crippen LogP contribution in [0.1, 0.15) is 43.2 Å². The van der Waals surface area contributed by atoms with E-state index in [9.17, 15) is 4.57 Å². The van der Waals surface area contributed by atoms with Gasteiger partial charge in [0.15, 0.2) is 17.5 Å². The highest BCUT2D eigenvalue weighted by molar-refractivity contribution is 7.71. The van der Waals surface area contributed by atoms with Gasteiger partial charge in [0, 0.05) is 27.4 Å². The van der Waals surface area contributed by atoms with E-state index in [0.29, 0.717) is 17.5 Å². The summed E-state index contributed by atoms with van der Waals surface area (Å²) in [6.45, 7) is 3.78. The predicted molar refractivity (Wildman–Crippen MR) is 269 cm³/mol. The molecule has 5 heteroatoms. The molecule has 1 aromatic heterocycles. The quantitative estimate of drug-likeness (QED) is 0.113. The molecule has 11 rings (SSSR count). The molecule has 0 saturated heterocycles. The SMILES string of the molecule is CP(C)(=O)c1c2ccccc2c(-c2ccc(C3(c4ccc(-c5nc(-c6cccc(-c7ccccc7)c6)nc(-c6cccc7ccccc67)n5)cc4)CCCCC3)cc2)c2ccccc12. The smallest absolute Gasteiger partial charge is 0.164 e. The molecule has 1 saturated carbocycles. The molecule has 0 aliphatic heterocycles. The lowest BCUT2D eigenvalue weighted by Crippen LogP contribution is -2.30. The molecule has 0 bridgehead atoms. The van der Waals surface area contributed by atoms with Gasteiger partial charge >= 0.3 is 0 Å². The summed E-state index contributed by atoms with van der Waals surface area (Å²) in [6.07, 6.45) is 5.79. The van der Waals surface area contributed by atoms with E-state index in [1.165, 1.54) is 41.5 Å². The Hall–Kier alpha value is -7.00. The summed E-state index contributed by atoms with van der Waals surface area (Å²) in [5, 5.41) is 7.67. The molecular weight excluding hydrogens is 798 g/mol. The van der Waals surface area contributed by atoms with E-state index in [1.807, 2.05) is 19.4 Å². The molecule has 4 nitrogen and oxygen atoms in total. The Morgan fingerprint density at radius 1 is 0.406 bits per heavy atom. The molecule has 10 aromatic rings. The number of nitrogens with zero attached hydrogens (tertiary/aromatic N) is 3. The van der Waals surface area contributed by atoms with Crippen LogP contribution in [-0.2, 0) is 9.98 Å². The second-order valence-electron chi connectivity index (χ2n) is 17.7. The van der Waals surface area contributed by atoms with Crippen molar-refractivity contribution in [2.24, 2.45) is 0 Å².